The lowest BCUT2D eigenvalue weighted by Crippen LogP contribution is -2.30. The second-order valence-electron chi connectivity index (χ2n) is 3.82. The van der Waals surface area contributed by atoms with Crippen LogP contribution >= 0.6 is 0 Å². The summed E-state index contributed by atoms with van der Waals surface area (Å²) in [5.74, 6) is 0.598. The number of anilines is 1. The molecule has 1 aromatic carbocycles. The van der Waals surface area contributed by atoms with Gasteiger partial charge in [0.2, 0.25) is 5.95 Å². The molecule has 1 heterocycles. The summed E-state index contributed by atoms with van der Waals surface area (Å²) in [6.07, 6.45) is 2.49. The number of rotatable bonds is 4. The molecule has 0 aliphatic rings. The average Bonchev–Trinajstić information content (AvgIpc) is 2.92. The van der Waals surface area contributed by atoms with E-state index in [1.54, 1.807) is 43.6 Å². The van der Waals surface area contributed by atoms with Crippen molar-refractivity contribution >= 4 is 11.9 Å². The standard InChI is InChI=1S/C13H12N4O2/c1-9(12(18)17-13-15-6-7-16-13)19-11-4-2-10(8-14)3-5-11/h2-7,9H,1H3,(H2,15,16,17,18). The molecule has 0 aliphatic carbocycles. The highest BCUT2D eigenvalue weighted by molar-refractivity contribution is 5.92. The minimum Gasteiger partial charge on any atom is -0.481 e. The highest BCUT2D eigenvalue weighted by Crippen LogP contribution is 2.13. The van der Waals surface area contributed by atoms with Gasteiger partial charge in [0, 0.05) is 12.4 Å². The SMILES string of the molecule is CC(Oc1ccc(C#N)cc1)C(=O)Nc1ncc[nH]1. The fraction of sp³-hybridized carbons (Fsp3) is 0.154. The average molecular weight is 256 g/mol. The second kappa shape index (κ2) is 5.69. The number of aromatic nitrogens is 2. The van der Waals surface area contributed by atoms with Gasteiger partial charge in [-0.3, -0.25) is 10.1 Å². The van der Waals surface area contributed by atoms with Crippen LogP contribution in [0.2, 0.25) is 0 Å². The molecule has 2 aromatic rings. The van der Waals surface area contributed by atoms with Crippen LogP contribution in [0.3, 0.4) is 0 Å². The van der Waals surface area contributed by atoms with Crippen molar-refractivity contribution in [3.63, 3.8) is 0 Å². The number of H-pyrrole nitrogens is 1. The van der Waals surface area contributed by atoms with Gasteiger partial charge < -0.3 is 9.72 Å². The summed E-state index contributed by atoms with van der Waals surface area (Å²) >= 11 is 0. The van der Waals surface area contributed by atoms with Crippen LogP contribution in [0.1, 0.15) is 12.5 Å². The number of nitrogens with zero attached hydrogens (tertiary/aromatic N) is 2. The van der Waals surface area contributed by atoms with Crippen molar-refractivity contribution in [3.8, 4) is 11.8 Å². The van der Waals surface area contributed by atoms with Crippen molar-refractivity contribution in [2.75, 3.05) is 5.32 Å². The van der Waals surface area contributed by atoms with E-state index in [1.165, 1.54) is 0 Å². The summed E-state index contributed by atoms with van der Waals surface area (Å²) in [6, 6.07) is 8.57. The first-order valence-electron chi connectivity index (χ1n) is 5.66. The number of nitriles is 1. The van der Waals surface area contributed by atoms with Gasteiger partial charge in [-0.05, 0) is 31.2 Å². The van der Waals surface area contributed by atoms with Crippen LogP contribution in [-0.4, -0.2) is 22.0 Å². The van der Waals surface area contributed by atoms with E-state index >= 15 is 0 Å². The van der Waals surface area contributed by atoms with Crippen LogP contribution in [0.5, 0.6) is 5.75 Å². The predicted octanol–water partition coefficient (Wildman–Crippen LogP) is 1.69. The maximum atomic E-state index is 11.8. The van der Waals surface area contributed by atoms with E-state index in [1.807, 2.05) is 6.07 Å². The summed E-state index contributed by atoms with van der Waals surface area (Å²) < 4.78 is 5.46. The van der Waals surface area contributed by atoms with Gasteiger partial charge in [0.1, 0.15) is 5.75 Å². The molecule has 2 N–H and O–H groups in total. The summed E-state index contributed by atoms with van der Waals surface area (Å²) in [6.45, 7) is 1.64. The summed E-state index contributed by atoms with van der Waals surface area (Å²) in [4.78, 5) is 18.4. The van der Waals surface area contributed by atoms with Crippen molar-refractivity contribution in [1.29, 1.82) is 5.26 Å². The van der Waals surface area contributed by atoms with Gasteiger partial charge in [-0.2, -0.15) is 5.26 Å². The Labute approximate surface area is 110 Å². The number of amides is 1. The monoisotopic (exact) mass is 256 g/mol. The Balaban J connectivity index is 1.94. The maximum absolute atomic E-state index is 11.8. The number of carbonyl (C=O) groups excluding carboxylic acids is 1. The fourth-order valence-corrected chi connectivity index (χ4v) is 1.42. The molecule has 0 saturated carbocycles. The van der Waals surface area contributed by atoms with E-state index in [0.717, 1.165) is 0 Å². The highest BCUT2D eigenvalue weighted by atomic mass is 16.5. The summed E-state index contributed by atoms with van der Waals surface area (Å²) in [5, 5.41) is 11.3. The summed E-state index contributed by atoms with van der Waals surface area (Å²) in [5.41, 5.74) is 0.542. The molecule has 0 saturated heterocycles. The molecule has 96 valence electrons. The molecule has 19 heavy (non-hydrogen) atoms. The minimum absolute atomic E-state index is 0.306. The topological polar surface area (TPSA) is 90.8 Å². The molecule has 0 spiro atoms. The number of nitrogens with one attached hydrogen (secondary N) is 2. The Morgan fingerprint density at radius 2 is 2.21 bits per heavy atom. The molecule has 6 nitrogen and oxygen atoms in total. The Kier molecular flexibility index (Phi) is 3.78. The molecule has 0 fully saturated rings. The van der Waals surface area contributed by atoms with Crippen molar-refractivity contribution < 1.29 is 9.53 Å². The quantitative estimate of drug-likeness (QED) is 0.870. The van der Waals surface area contributed by atoms with Gasteiger partial charge in [-0.25, -0.2) is 4.98 Å². The number of hydrogen-bond donors (Lipinski definition) is 2. The normalized spacial score (nSPS) is 11.4. The van der Waals surface area contributed by atoms with E-state index in [9.17, 15) is 4.79 Å². The van der Waals surface area contributed by atoms with Crippen LogP contribution in [0.4, 0.5) is 5.95 Å². The first-order chi connectivity index (χ1) is 9.19. The first-order valence-corrected chi connectivity index (χ1v) is 5.66. The molecule has 0 bridgehead atoms. The molecule has 1 atom stereocenters. The Morgan fingerprint density at radius 3 is 2.79 bits per heavy atom. The van der Waals surface area contributed by atoms with Crippen molar-refractivity contribution in [1.82, 2.24) is 9.97 Å². The third-order valence-electron chi connectivity index (χ3n) is 2.41. The van der Waals surface area contributed by atoms with E-state index in [-0.39, 0.29) is 5.91 Å². The van der Waals surface area contributed by atoms with Gasteiger partial charge in [0.25, 0.3) is 5.91 Å². The van der Waals surface area contributed by atoms with E-state index < -0.39 is 6.10 Å². The first kappa shape index (κ1) is 12.6. The third kappa shape index (κ3) is 3.33. The van der Waals surface area contributed by atoms with Crippen LogP contribution in [0, 0.1) is 11.3 Å². The van der Waals surface area contributed by atoms with Crippen LogP contribution in [-0.2, 0) is 4.79 Å². The van der Waals surface area contributed by atoms with E-state index in [2.05, 4.69) is 15.3 Å². The number of imidazole rings is 1. The lowest BCUT2D eigenvalue weighted by atomic mass is 10.2. The Hall–Kier alpha value is -2.81. The zero-order valence-electron chi connectivity index (χ0n) is 10.3. The molecule has 0 aliphatic heterocycles. The zero-order chi connectivity index (χ0) is 13.7. The lowest BCUT2D eigenvalue weighted by Gasteiger charge is -2.13. The van der Waals surface area contributed by atoms with Crippen LogP contribution < -0.4 is 10.1 Å². The number of aromatic amines is 1. The Bertz CT molecular complexity index is 584. The molecule has 0 radical (unpaired) electrons. The maximum Gasteiger partial charge on any atom is 0.267 e. The molecule has 2 rings (SSSR count). The van der Waals surface area contributed by atoms with Crippen molar-refractivity contribution in [3.05, 3.63) is 42.2 Å². The number of ether oxygens (including phenoxy) is 1. The van der Waals surface area contributed by atoms with Gasteiger partial charge in [0.05, 0.1) is 11.6 Å². The van der Waals surface area contributed by atoms with Gasteiger partial charge in [-0.1, -0.05) is 0 Å². The smallest absolute Gasteiger partial charge is 0.267 e. The van der Waals surface area contributed by atoms with E-state index in [4.69, 9.17) is 10.00 Å². The number of hydrogen-bond acceptors (Lipinski definition) is 4. The van der Waals surface area contributed by atoms with Crippen LogP contribution in [0.25, 0.3) is 0 Å². The molecular formula is C13H12N4O2. The highest BCUT2D eigenvalue weighted by Gasteiger charge is 2.15. The minimum atomic E-state index is -0.668. The molecular weight excluding hydrogens is 244 g/mol. The zero-order valence-corrected chi connectivity index (χ0v) is 10.3. The van der Waals surface area contributed by atoms with E-state index in [0.29, 0.717) is 17.3 Å². The summed E-state index contributed by atoms with van der Waals surface area (Å²) in [7, 11) is 0. The van der Waals surface area contributed by atoms with Gasteiger partial charge in [-0.15, -0.1) is 0 Å². The number of carbonyl (C=O) groups is 1. The van der Waals surface area contributed by atoms with Crippen molar-refractivity contribution in [2.45, 2.75) is 13.0 Å². The largest absolute Gasteiger partial charge is 0.481 e. The van der Waals surface area contributed by atoms with Gasteiger partial charge in [0.15, 0.2) is 6.10 Å². The number of benzene rings is 1. The van der Waals surface area contributed by atoms with Crippen LogP contribution in [0.15, 0.2) is 36.7 Å². The molecule has 1 unspecified atom stereocenters. The lowest BCUT2D eigenvalue weighted by molar-refractivity contribution is -0.122. The Morgan fingerprint density at radius 1 is 1.47 bits per heavy atom. The van der Waals surface area contributed by atoms with Gasteiger partial charge >= 0.3 is 0 Å². The second-order valence-corrected chi connectivity index (χ2v) is 3.82. The van der Waals surface area contributed by atoms with Crippen molar-refractivity contribution in [2.24, 2.45) is 0 Å². The predicted molar refractivity (Wildman–Crippen MR) is 68.5 cm³/mol. The molecule has 6 heteroatoms. The molecule has 1 aromatic heterocycles. The fourth-order valence-electron chi connectivity index (χ4n) is 1.42. The molecule has 1 amide bonds. The third-order valence-corrected chi connectivity index (χ3v) is 2.41.